The van der Waals surface area contributed by atoms with Crippen molar-refractivity contribution in [3.63, 3.8) is 0 Å². The van der Waals surface area contributed by atoms with Gasteiger partial charge in [0.15, 0.2) is 0 Å². The fraction of sp³-hybridized carbons (Fsp3) is 0.231. The molecule has 2 aromatic rings. The van der Waals surface area contributed by atoms with E-state index in [0.717, 1.165) is 0 Å². The minimum absolute atomic E-state index is 0.160. The summed E-state index contributed by atoms with van der Waals surface area (Å²) in [5.41, 5.74) is 1.51. The maximum Gasteiger partial charge on any atom is 0.335 e. The normalized spacial score (nSPS) is 10.2. The number of benzene rings is 1. The third kappa shape index (κ3) is 3.41. The van der Waals surface area contributed by atoms with Crippen molar-refractivity contribution >= 4 is 17.6 Å². The van der Waals surface area contributed by atoms with E-state index < -0.39 is 5.97 Å². The minimum atomic E-state index is -0.989. The summed E-state index contributed by atoms with van der Waals surface area (Å²) in [4.78, 5) is 26.4. The Morgan fingerprint density at radius 3 is 2.80 bits per heavy atom. The molecule has 2 N–H and O–H groups in total. The summed E-state index contributed by atoms with van der Waals surface area (Å²) >= 11 is 0. The fourth-order valence-corrected chi connectivity index (χ4v) is 1.71. The summed E-state index contributed by atoms with van der Waals surface area (Å²) in [7, 11) is 0. The predicted molar refractivity (Wildman–Crippen MR) is 71.4 cm³/mol. The third-order valence-electron chi connectivity index (χ3n) is 2.78. The van der Waals surface area contributed by atoms with Crippen molar-refractivity contribution < 1.29 is 14.7 Å². The summed E-state index contributed by atoms with van der Waals surface area (Å²) in [6.45, 7) is 2.19. The maximum absolute atomic E-state index is 11.8. The number of hydrogen-bond acceptors (Lipinski definition) is 4. The Balaban J connectivity index is 1.95. The Bertz CT molecular complexity index is 623. The summed E-state index contributed by atoms with van der Waals surface area (Å²) in [5.74, 6) is -1.15. The van der Waals surface area contributed by atoms with Crippen molar-refractivity contribution in [3.05, 3.63) is 42.0 Å². The first-order valence-corrected chi connectivity index (χ1v) is 6.02. The lowest BCUT2D eigenvalue weighted by atomic mass is 10.1. The zero-order valence-electron chi connectivity index (χ0n) is 10.9. The lowest BCUT2D eigenvalue weighted by Crippen LogP contribution is -2.15. The molecule has 7 nitrogen and oxygen atoms in total. The predicted octanol–water partition coefficient (Wildman–Crippen LogP) is 1.31. The second-order valence-electron chi connectivity index (χ2n) is 4.29. The van der Waals surface area contributed by atoms with Gasteiger partial charge in [0.05, 0.1) is 12.1 Å². The fourth-order valence-electron chi connectivity index (χ4n) is 1.71. The molecule has 1 aromatic carbocycles. The number of carboxylic acid groups (broad SMARTS) is 1. The molecular formula is C13H14N4O3. The maximum atomic E-state index is 11.8. The van der Waals surface area contributed by atoms with Crippen LogP contribution in [0.25, 0.3) is 0 Å². The lowest BCUT2D eigenvalue weighted by Gasteiger charge is -2.09. The summed E-state index contributed by atoms with van der Waals surface area (Å²) < 4.78 is 1.57. The van der Waals surface area contributed by atoms with E-state index >= 15 is 0 Å². The van der Waals surface area contributed by atoms with Crippen molar-refractivity contribution in [2.45, 2.75) is 19.9 Å². The molecule has 0 saturated heterocycles. The highest BCUT2D eigenvalue weighted by atomic mass is 16.4. The quantitative estimate of drug-likeness (QED) is 0.856. The first-order chi connectivity index (χ1) is 9.56. The van der Waals surface area contributed by atoms with E-state index in [2.05, 4.69) is 15.4 Å². The summed E-state index contributed by atoms with van der Waals surface area (Å²) in [6.07, 6.45) is 3.22. The molecule has 0 saturated carbocycles. The highest BCUT2D eigenvalue weighted by molar-refractivity contribution is 5.93. The minimum Gasteiger partial charge on any atom is -0.478 e. The van der Waals surface area contributed by atoms with Gasteiger partial charge < -0.3 is 10.4 Å². The van der Waals surface area contributed by atoms with E-state index in [0.29, 0.717) is 17.8 Å². The molecule has 0 unspecified atom stereocenters. The SMILES string of the molecule is Cc1cc(C(=O)O)ccc1NC(=O)CCn1cncn1. The van der Waals surface area contributed by atoms with Crippen LogP contribution < -0.4 is 5.32 Å². The Morgan fingerprint density at radius 1 is 1.40 bits per heavy atom. The molecule has 0 aliphatic rings. The first kappa shape index (κ1) is 13.7. The van der Waals surface area contributed by atoms with Gasteiger partial charge in [-0.25, -0.2) is 9.78 Å². The van der Waals surface area contributed by atoms with Crippen LogP contribution in [0.1, 0.15) is 22.3 Å². The molecule has 20 heavy (non-hydrogen) atoms. The van der Waals surface area contributed by atoms with Crippen molar-refractivity contribution in [1.82, 2.24) is 14.8 Å². The number of anilines is 1. The van der Waals surface area contributed by atoms with Gasteiger partial charge in [-0.15, -0.1) is 0 Å². The lowest BCUT2D eigenvalue weighted by molar-refractivity contribution is -0.116. The zero-order chi connectivity index (χ0) is 14.5. The summed E-state index contributed by atoms with van der Waals surface area (Å²) in [5, 5.41) is 15.5. The number of aryl methyl sites for hydroxylation is 2. The van der Waals surface area contributed by atoms with Crippen molar-refractivity contribution in [2.24, 2.45) is 0 Å². The number of rotatable bonds is 5. The van der Waals surface area contributed by atoms with Gasteiger partial charge in [-0.2, -0.15) is 5.10 Å². The van der Waals surface area contributed by atoms with Gasteiger partial charge in [-0.05, 0) is 30.7 Å². The molecular weight excluding hydrogens is 260 g/mol. The van der Waals surface area contributed by atoms with Gasteiger partial charge in [0, 0.05) is 12.1 Å². The number of carbonyl (C=O) groups excluding carboxylic acids is 1. The Morgan fingerprint density at radius 2 is 2.20 bits per heavy atom. The largest absolute Gasteiger partial charge is 0.478 e. The highest BCUT2D eigenvalue weighted by Gasteiger charge is 2.08. The van der Waals surface area contributed by atoms with E-state index in [-0.39, 0.29) is 17.9 Å². The molecule has 2 rings (SSSR count). The van der Waals surface area contributed by atoms with E-state index in [9.17, 15) is 9.59 Å². The van der Waals surface area contributed by atoms with Gasteiger partial charge in [0.1, 0.15) is 12.7 Å². The number of aromatic carboxylic acids is 1. The number of carbonyl (C=O) groups is 2. The van der Waals surface area contributed by atoms with Crippen molar-refractivity contribution in [2.75, 3.05) is 5.32 Å². The van der Waals surface area contributed by atoms with E-state index in [1.54, 1.807) is 24.0 Å². The van der Waals surface area contributed by atoms with Crippen LogP contribution in [0, 0.1) is 6.92 Å². The van der Waals surface area contributed by atoms with Crippen LogP contribution >= 0.6 is 0 Å². The van der Waals surface area contributed by atoms with Crippen LogP contribution in [-0.2, 0) is 11.3 Å². The molecule has 0 aliphatic carbocycles. The Kier molecular flexibility index (Phi) is 4.09. The number of amides is 1. The average Bonchev–Trinajstić information content (AvgIpc) is 2.91. The molecule has 0 spiro atoms. The number of nitrogens with zero attached hydrogens (tertiary/aromatic N) is 3. The molecule has 7 heteroatoms. The number of carboxylic acids is 1. The molecule has 104 valence electrons. The molecule has 0 atom stereocenters. The zero-order valence-corrected chi connectivity index (χ0v) is 10.9. The Hall–Kier alpha value is -2.70. The number of nitrogens with one attached hydrogen (secondary N) is 1. The molecule has 0 radical (unpaired) electrons. The van der Waals surface area contributed by atoms with Gasteiger partial charge in [0.2, 0.25) is 5.91 Å². The second kappa shape index (κ2) is 5.96. The van der Waals surface area contributed by atoms with E-state index in [1.165, 1.54) is 18.5 Å². The van der Waals surface area contributed by atoms with Gasteiger partial charge >= 0.3 is 5.97 Å². The highest BCUT2D eigenvalue weighted by Crippen LogP contribution is 2.16. The molecule has 0 fully saturated rings. The molecule has 1 heterocycles. The summed E-state index contributed by atoms with van der Waals surface area (Å²) in [6, 6.07) is 4.57. The first-order valence-electron chi connectivity index (χ1n) is 6.02. The standard InChI is InChI=1S/C13H14N4O3/c1-9-6-10(13(19)20)2-3-11(9)16-12(18)4-5-17-8-14-7-15-17/h2-3,6-8H,4-5H2,1H3,(H,16,18)(H,19,20). The van der Waals surface area contributed by atoms with Crippen LogP contribution in [-0.4, -0.2) is 31.7 Å². The van der Waals surface area contributed by atoms with Crippen molar-refractivity contribution in [1.29, 1.82) is 0 Å². The third-order valence-corrected chi connectivity index (χ3v) is 2.78. The second-order valence-corrected chi connectivity index (χ2v) is 4.29. The molecule has 0 aliphatic heterocycles. The number of hydrogen-bond donors (Lipinski definition) is 2. The van der Waals surface area contributed by atoms with Crippen LogP contribution in [0.15, 0.2) is 30.9 Å². The van der Waals surface area contributed by atoms with E-state index in [1.807, 2.05) is 0 Å². The molecule has 1 amide bonds. The Labute approximate surface area is 115 Å². The van der Waals surface area contributed by atoms with Gasteiger partial charge in [-0.1, -0.05) is 0 Å². The van der Waals surface area contributed by atoms with Crippen LogP contribution in [0.3, 0.4) is 0 Å². The van der Waals surface area contributed by atoms with Crippen LogP contribution in [0.4, 0.5) is 5.69 Å². The molecule has 1 aromatic heterocycles. The number of aromatic nitrogens is 3. The molecule has 0 bridgehead atoms. The van der Waals surface area contributed by atoms with Crippen LogP contribution in [0.5, 0.6) is 0 Å². The average molecular weight is 274 g/mol. The van der Waals surface area contributed by atoms with Gasteiger partial charge in [0.25, 0.3) is 0 Å². The topological polar surface area (TPSA) is 97.1 Å². The monoisotopic (exact) mass is 274 g/mol. The smallest absolute Gasteiger partial charge is 0.335 e. The van der Waals surface area contributed by atoms with Crippen molar-refractivity contribution in [3.8, 4) is 0 Å². The van der Waals surface area contributed by atoms with Crippen LogP contribution in [0.2, 0.25) is 0 Å². The van der Waals surface area contributed by atoms with Gasteiger partial charge in [-0.3, -0.25) is 9.48 Å². The van der Waals surface area contributed by atoms with E-state index in [4.69, 9.17) is 5.11 Å².